The molecule has 150 valence electrons. The smallest absolute Gasteiger partial charge is 0.251 e. The van der Waals surface area contributed by atoms with Gasteiger partial charge in [0.05, 0.1) is 17.7 Å². The maximum absolute atomic E-state index is 12.5. The van der Waals surface area contributed by atoms with Crippen molar-refractivity contribution in [2.75, 3.05) is 5.32 Å². The van der Waals surface area contributed by atoms with E-state index in [9.17, 15) is 20.1 Å². The molecule has 1 amide bonds. The second-order valence-electron chi connectivity index (χ2n) is 6.70. The minimum absolute atomic E-state index is 0.0198. The molecule has 2 heterocycles. The highest BCUT2D eigenvalue weighted by atomic mass is 32.2. The van der Waals surface area contributed by atoms with Gasteiger partial charge in [-0.1, -0.05) is 12.1 Å². The molecule has 5 N–H and O–H groups in total. The van der Waals surface area contributed by atoms with Crippen molar-refractivity contribution in [3.8, 4) is 0 Å². The Bertz CT molecular complexity index is 1070. The minimum Gasteiger partial charge on any atom is -0.390 e. The fourth-order valence-electron chi connectivity index (χ4n) is 3.07. The molecule has 10 heteroatoms. The van der Waals surface area contributed by atoms with Crippen LogP contribution < -0.4 is 5.32 Å². The number of anilines is 1. The monoisotopic (exact) mass is 413 g/mol. The molecule has 0 spiro atoms. The van der Waals surface area contributed by atoms with Gasteiger partial charge >= 0.3 is 0 Å². The summed E-state index contributed by atoms with van der Waals surface area (Å²) in [6.45, 7) is 0. The number of nitrogens with one attached hydrogen (secondary N) is 2. The third-order valence-corrected chi connectivity index (χ3v) is 5.69. The first kappa shape index (κ1) is 19.5. The number of fused-ring (bicyclic) bond motifs is 1. The van der Waals surface area contributed by atoms with E-state index in [-0.39, 0.29) is 12.0 Å². The lowest BCUT2D eigenvalue weighted by molar-refractivity contribution is -0.114. The molecule has 0 bridgehead atoms. The third kappa shape index (κ3) is 4.30. The predicted molar refractivity (Wildman–Crippen MR) is 107 cm³/mol. The largest absolute Gasteiger partial charge is 0.390 e. The number of carbonyl (C=O) groups excluding carboxylic acids is 1. The first-order chi connectivity index (χ1) is 14.0. The Hall–Kier alpha value is -2.79. The van der Waals surface area contributed by atoms with Crippen molar-refractivity contribution in [2.24, 2.45) is 0 Å². The highest BCUT2D eigenvalue weighted by molar-refractivity contribution is 7.98. The fourth-order valence-corrected chi connectivity index (χ4v) is 3.98. The Labute approximate surface area is 169 Å². The van der Waals surface area contributed by atoms with E-state index in [0.717, 1.165) is 16.0 Å². The summed E-state index contributed by atoms with van der Waals surface area (Å²) < 4.78 is 0. The maximum Gasteiger partial charge on any atom is 0.251 e. The third-order valence-electron chi connectivity index (χ3n) is 4.61. The number of carbonyl (C=O) groups is 1. The number of aromatic amines is 1. The molecule has 3 atom stereocenters. The van der Waals surface area contributed by atoms with Gasteiger partial charge in [0.2, 0.25) is 0 Å². The van der Waals surface area contributed by atoms with Crippen LogP contribution in [-0.2, 0) is 10.5 Å². The number of rotatable bonds is 5. The highest BCUT2D eigenvalue weighted by Crippen LogP contribution is 2.27. The Kier molecular flexibility index (Phi) is 5.58. The van der Waals surface area contributed by atoms with Gasteiger partial charge in [0, 0.05) is 23.4 Å². The zero-order chi connectivity index (χ0) is 20.4. The molecule has 4 rings (SSSR count). The minimum atomic E-state index is -1.28. The molecule has 3 aromatic rings. The predicted octanol–water partition coefficient (Wildman–Crippen LogP) is 0.996. The first-order valence-corrected chi connectivity index (χ1v) is 9.92. The number of thioether (sulfide) groups is 1. The molecular formula is C19H19N5O4S. The second-order valence-corrected chi connectivity index (χ2v) is 7.66. The maximum atomic E-state index is 12.5. The summed E-state index contributed by atoms with van der Waals surface area (Å²) in [4.78, 5) is 20.9. The van der Waals surface area contributed by atoms with E-state index in [1.807, 2.05) is 18.2 Å². The van der Waals surface area contributed by atoms with Gasteiger partial charge in [-0.15, -0.1) is 11.8 Å². The van der Waals surface area contributed by atoms with Gasteiger partial charge in [0.1, 0.15) is 23.6 Å². The molecule has 29 heavy (non-hydrogen) atoms. The lowest BCUT2D eigenvalue weighted by atomic mass is 9.92. The van der Waals surface area contributed by atoms with E-state index < -0.39 is 24.2 Å². The van der Waals surface area contributed by atoms with Crippen LogP contribution in [0.3, 0.4) is 0 Å². The van der Waals surface area contributed by atoms with Crippen molar-refractivity contribution in [1.82, 2.24) is 20.2 Å². The van der Waals surface area contributed by atoms with Crippen LogP contribution >= 0.6 is 11.8 Å². The van der Waals surface area contributed by atoms with Crippen LogP contribution in [0.2, 0.25) is 0 Å². The number of H-pyrrole nitrogens is 1. The summed E-state index contributed by atoms with van der Waals surface area (Å²) in [6.07, 6.45) is 0.700. The van der Waals surface area contributed by atoms with Crippen LogP contribution in [0.4, 0.5) is 5.69 Å². The molecule has 0 radical (unpaired) electrons. The fraction of sp³-hybridized carbons (Fsp3) is 0.263. The molecular weight excluding hydrogens is 394 g/mol. The summed E-state index contributed by atoms with van der Waals surface area (Å²) in [5, 5.41) is 40.3. The van der Waals surface area contributed by atoms with Gasteiger partial charge in [-0.3, -0.25) is 9.89 Å². The lowest BCUT2D eigenvalue weighted by Gasteiger charge is -2.27. The Morgan fingerprint density at radius 3 is 2.97 bits per heavy atom. The van der Waals surface area contributed by atoms with E-state index in [2.05, 4.69) is 25.5 Å². The summed E-state index contributed by atoms with van der Waals surface area (Å²) in [5.74, 6) is 0.212. The van der Waals surface area contributed by atoms with E-state index in [1.54, 1.807) is 12.3 Å². The second kappa shape index (κ2) is 8.29. The molecule has 0 unspecified atom stereocenters. The number of aliphatic hydroxyl groups is 3. The topological polar surface area (TPSA) is 144 Å². The van der Waals surface area contributed by atoms with Crippen LogP contribution in [0.1, 0.15) is 12.0 Å². The average Bonchev–Trinajstić information content (AvgIpc) is 3.20. The summed E-state index contributed by atoms with van der Waals surface area (Å²) in [5.41, 5.74) is 2.49. The molecule has 2 aromatic heterocycles. The molecule has 0 aliphatic heterocycles. The van der Waals surface area contributed by atoms with Crippen LogP contribution in [-0.4, -0.2) is 59.7 Å². The summed E-state index contributed by atoms with van der Waals surface area (Å²) >= 11 is 1.54. The normalized spacial score (nSPS) is 21.8. The molecule has 1 aromatic carbocycles. The zero-order valence-electron chi connectivity index (χ0n) is 15.2. The lowest BCUT2D eigenvalue weighted by Crippen LogP contribution is -2.41. The number of benzene rings is 1. The van der Waals surface area contributed by atoms with Crippen LogP contribution in [0.5, 0.6) is 0 Å². The average molecular weight is 413 g/mol. The molecule has 1 aliphatic carbocycles. The Balaban J connectivity index is 1.43. The van der Waals surface area contributed by atoms with Crippen LogP contribution in [0, 0.1) is 0 Å². The number of nitrogens with zero attached hydrogens (tertiary/aromatic N) is 3. The quantitative estimate of drug-likeness (QED) is 0.308. The Morgan fingerprint density at radius 1 is 1.28 bits per heavy atom. The van der Waals surface area contributed by atoms with Crippen molar-refractivity contribution in [2.45, 2.75) is 35.5 Å². The summed E-state index contributed by atoms with van der Waals surface area (Å²) in [6, 6.07) is 7.39. The number of aliphatic hydroxyl groups excluding tert-OH is 3. The van der Waals surface area contributed by atoms with Crippen molar-refractivity contribution in [1.29, 1.82) is 0 Å². The van der Waals surface area contributed by atoms with Crippen LogP contribution in [0.25, 0.3) is 11.0 Å². The standard InChI is InChI=1S/C19H19N5O4S/c25-14-5-11(6-15(26)16(14)27)18(28)23-12-3-1-2-10(4-12)8-29-19-13-7-22-24-17(13)20-9-21-19/h1-5,7,9,14-16,25-27H,6,8H2,(H,23,28)(H,20,21,22,24)/t14-,15-,16-/m1/s1. The van der Waals surface area contributed by atoms with Crippen molar-refractivity contribution in [3.05, 3.63) is 54.0 Å². The molecule has 0 fully saturated rings. The number of aromatic nitrogens is 4. The molecule has 0 saturated carbocycles. The van der Waals surface area contributed by atoms with Gasteiger partial charge in [-0.2, -0.15) is 5.10 Å². The van der Waals surface area contributed by atoms with E-state index in [1.165, 1.54) is 24.2 Å². The van der Waals surface area contributed by atoms with Crippen molar-refractivity contribution < 1.29 is 20.1 Å². The SMILES string of the molecule is O=C(Nc1cccc(CSc2ncnc3[nH]ncc23)c1)C1=C[C@@H](O)[C@@H](O)[C@H](O)C1. The van der Waals surface area contributed by atoms with Gasteiger partial charge in [-0.25, -0.2) is 9.97 Å². The number of hydrogen-bond donors (Lipinski definition) is 5. The Morgan fingerprint density at radius 2 is 2.14 bits per heavy atom. The molecule has 0 saturated heterocycles. The van der Waals surface area contributed by atoms with Crippen molar-refractivity contribution >= 4 is 34.4 Å². The van der Waals surface area contributed by atoms with E-state index in [4.69, 9.17) is 0 Å². The molecule has 1 aliphatic rings. The number of amides is 1. The van der Waals surface area contributed by atoms with Gasteiger partial charge in [0.15, 0.2) is 5.65 Å². The van der Waals surface area contributed by atoms with Gasteiger partial charge < -0.3 is 20.6 Å². The van der Waals surface area contributed by atoms with E-state index in [0.29, 0.717) is 17.1 Å². The van der Waals surface area contributed by atoms with Crippen molar-refractivity contribution in [3.63, 3.8) is 0 Å². The van der Waals surface area contributed by atoms with E-state index >= 15 is 0 Å². The molecule has 9 nitrogen and oxygen atoms in total. The first-order valence-electron chi connectivity index (χ1n) is 8.93. The van der Waals surface area contributed by atoms with Gasteiger partial charge in [0.25, 0.3) is 5.91 Å². The highest BCUT2D eigenvalue weighted by Gasteiger charge is 2.31. The van der Waals surface area contributed by atoms with Gasteiger partial charge in [-0.05, 0) is 23.8 Å². The van der Waals surface area contributed by atoms with Crippen LogP contribution in [0.15, 0.2) is 53.5 Å². The number of hydrogen-bond acceptors (Lipinski definition) is 8. The zero-order valence-corrected chi connectivity index (χ0v) is 16.0. The summed E-state index contributed by atoms with van der Waals surface area (Å²) in [7, 11) is 0.